The summed E-state index contributed by atoms with van der Waals surface area (Å²) >= 11 is 0. The van der Waals surface area contributed by atoms with E-state index < -0.39 is 11.0 Å². The van der Waals surface area contributed by atoms with Crippen molar-refractivity contribution in [1.82, 2.24) is 9.80 Å². The first-order valence-corrected chi connectivity index (χ1v) is 10.3. The van der Waals surface area contributed by atoms with Gasteiger partial charge in [0.25, 0.3) is 5.69 Å². The van der Waals surface area contributed by atoms with E-state index in [2.05, 4.69) is 5.32 Å². The van der Waals surface area contributed by atoms with E-state index in [0.717, 1.165) is 5.56 Å². The molecule has 3 amide bonds. The molecule has 0 aromatic heterocycles. The maximum absolute atomic E-state index is 13.1. The van der Waals surface area contributed by atoms with E-state index in [1.807, 2.05) is 51.1 Å². The standard InChI is InChI=1S/C23H28N4O4/c1-23(2,3)15-21(28)25-13-14-26(20(16-25)17-9-5-4-6-10-17)22(29)24-18-11-7-8-12-19(18)27(30)31/h4-12,20H,13-16H2,1-3H3,(H,24,29). The highest BCUT2D eigenvalue weighted by atomic mass is 16.6. The van der Waals surface area contributed by atoms with Gasteiger partial charge in [-0.05, 0) is 17.0 Å². The van der Waals surface area contributed by atoms with Gasteiger partial charge >= 0.3 is 6.03 Å². The molecule has 1 heterocycles. The Balaban J connectivity index is 1.83. The van der Waals surface area contributed by atoms with Crippen LogP contribution in [0.1, 0.15) is 38.8 Å². The molecule has 1 atom stereocenters. The van der Waals surface area contributed by atoms with E-state index in [0.29, 0.717) is 26.1 Å². The molecule has 2 aromatic carbocycles. The number of amides is 3. The lowest BCUT2D eigenvalue weighted by Crippen LogP contribution is -2.53. The van der Waals surface area contributed by atoms with E-state index in [1.165, 1.54) is 12.1 Å². The van der Waals surface area contributed by atoms with Gasteiger partial charge in [-0.15, -0.1) is 0 Å². The zero-order chi connectivity index (χ0) is 22.6. The smallest absolute Gasteiger partial charge is 0.322 e. The van der Waals surface area contributed by atoms with Gasteiger partial charge in [-0.1, -0.05) is 63.2 Å². The predicted molar refractivity (Wildman–Crippen MR) is 119 cm³/mol. The molecule has 2 aromatic rings. The largest absolute Gasteiger partial charge is 0.338 e. The molecule has 1 aliphatic rings. The number of rotatable bonds is 4. The third kappa shape index (κ3) is 5.59. The molecule has 0 radical (unpaired) electrons. The van der Waals surface area contributed by atoms with Gasteiger partial charge in [0.15, 0.2) is 0 Å². The van der Waals surface area contributed by atoms with Crippen LogP contribution in [0.15, 0.2) is 54.6 Å². The van der Waals surface area contributed by atoms with Crippen LogP contribution in [0, 0.1) is 15.5 Å². The van der Waals surface area contributed by atoms with Gasteiger partial charge in [0, 0.05) is 32.1 Å². The van der Waals surface area contributed by atoms with Crippen molar-refractivity contribution in [2.24, 2.45) is 5.41 Å². The number of urea groups is 1. The summed E-state index contributed by atoms with van der Waals surface area (Å²) < 4.78 is 0. The first-order valence-electron chi connectivity index (χ1n) is 10.3. The van der Waals surface area contributed by atoms with Crippen molar-refractivity contribution in [3.63, 3.8) is 0 Å². The van der Waals surface area contributed by atoms with E-state index in [9.17, 15) is 19.7 Å². The highest BCUT2D eigenvalue weighted by Gasteiger charge is 2.35. The molecule has 0 saturated carbocycles. The van der Waals surface area contributed by atoms with Crippen LogP contribution in [0.2, 0.25) is 0 Å². The SMILES string of the molecule is CC(C)(C)CC(=O)N1CCN(C(=O)Nc2ccccc2[N+](=O)[O-])C(c2ccccc2)C1. The quantitative estimate of drug-likeness (QED) is 0.579. The Morgan fingerprint density at radius 2 is 1.71 bits per heavy atom. The summed E-state index contributed by atoms with van der Waals surface area (Å²) in [5.41, 5.74) is 0.773. The molecule has 1 unspecified atom stereocenters. The van der Waals surface area contributed by atoms with E-state index in [-0.39, 0.29) is 28.7 Å². The molecule has 1 saturated heterocycles. The molecule has 1 N–H and O–H groups in total. The fourth-order valence-electron chi connectivity index (χ4n) is 3.70. The van der Waals surface area contributed by atoms with Gasteiger partial charge in [-0.2, -0.15) is 0 Å². The van der Waals surface area contributed by atoms with Crippen LogP contribution in [0.25, 0.3) is 0 Å². The molecule has 0 aliphatic carbocycles. The summed E-state index contributed by atoms with van der Waals surface area (Å²) in [6.45, 7) is 7.20. The number of hydrogen-bond donors (Lipinski definition) is 1. The zero-order valence-corrected chi connectivity index (χ0v) is 18.1. The predicted octanol–water partition coefficient (Wildman–Crippen LogP) is 4.45. The Kier molecular flexibility index (Phi) is 6.58. The molecular weight excluding hydrogens is 396 g/mol. The van der Waals surface area contributed by atoms with Gasteiger partial charge in [0.05, 0.1) is 11.0 Å². The summed E-state index contributed by atoms with van der Waals surface area (Å²) in [4.78, 5) is 40.2. The summed E-state index contributed by atoms with van der Waals surface area (Å²) in [7, 11) is 0. The molecular formula is C23H28N4O4. The normalized spacial score (nSPS) is 16.7. The maximum Gasteiger partial charge on any atom is 0.322 e. The first-order chi connectivity index (χ1) is 14.7. The Bertz CT molecular complexity index is 956. The van der Waals surface area contributed by atoms with Crippen molar-refractivity contribution in [2.75, 3.05) is 25.0 Å². The number of para-hydroxylation sites is 2. The summed E-state index contributed by atoms with van der Waals surface area (Å²) in [6.07, 6.45) is 0.427. The van der Waals surface area contributed by atoms with Crippen LogP contribution in [0.3, 0.4) is 0 Å². The van der Waals surface area contributed by atoms with Crippen molar-refractivity contribution in [3.05, 3.63) is 70.3 Å². The molecule has 8 nitrogen and oxygen atoms in total. The third-order valence-electron chi connectivity index (χ3n) is 5.20. The van der Waals surface area contributed by atoms with Crippen LogP contribution in [-0.2, 0) is 4.79 Å². The van der Waals surface area contributed by atoms with Gasteiger partial charge in [-0.25, -0.2) is 4.79 Å². The number of nitro benzene ring substituents is 1. The van der Waals surface area contributed by atoms with Gasteiger partial charge in [0.1, 0.15) is 5.69 Å². The number of nitrogens with zero attached hydrogens (tertiary/aromatic N) is 3. The second-order valence-corrected chi connectivity index (χ2v) is 8.90. The topological polar surface area (TPSA) is 95.8 Å². The summed E-state index contributed by atoms with van der Waals surface area (Å²) in [5.74, 6) is 0.0622. The van der Waals surface area contributed by atoms with Gasteiger partial charge in [-0.3, -0.25) is 14.9 Å². The number of hydrogen-bond acceptors (Lipinski definition) is 4. The number of nitro groups is 1. The third-order valence-corrected chi connectivity index (χ3v) is 5.20. The summed E-state index contributed by atoms with van der Waals surface area (Å²) in [5, 5.41) is 14.0. The monoisotopic (exact) mass is 424 g/mol. The van der Waals surface area contributed by atoms with Crippen molar-refractivity contribution in [1.29, 1.82) is 0 Å². The second-order valence-electron chi connectivity index (χ2n) is 8.90. The molecule has 0 bridgehead atoms. The van der Waals surface area contributed by atoms with Crippen molar-refractivity contribution < 1.29 is 14.5 Å². The van der Waals surface area contributed by atoms with Crippen LogP contribution in [0.4, 0.5) is 16.2 Å². The van der Waals surface area contributed by atoms with Crippen molar-refractivity contribution in [3.8, 4) is 0 Å². The lowest BCUT2D eigenvalue weighted by molar-refractivity contribution is -0.383. The minimum atomic E-state index is -0.520. The molecule has 164 valence electrons. The van der Waals surface area contributed by atoms with Crippen molar-refractivity contribution >= 4 is 23.3 Å². The number of benzene rings is 2. The lowest BCUT2D eigenvalue weighted by atomic mass is 9.91. The highest BCUT2D eigenvalue weighted by molar-refractivity contribution is 5.92. The fraction of sp³-hybridized carbons (Fsp3) is 0.391. The number of anilines is 1. The van der Waals surface area contributed by atoms with E-state index in [1.54, 1.807) is 21.9 Å². The minimum Gasteiger partial charge on any atom is -0.338 e. The zero-order valence-electron chi connectivity index (χ0n) is 18.1. The number of nitrogens with one attached hydrogen (secondary N) is 1. The van der Waals surface area contributed by atoms with E-state index in [4.69, 9.17) is 0 Å². The summed E-state index contributed by atoms with van der Waals surface area (Å²) in [6, 6.07) is 14.8. The first kappa shape index (κ1) is 22.3. The minimum absolute atomic E-state index is 0.0622. The van der Waals surface area contributed by atoms with Crippen molar-refractivity contribution in [2.45, 2.75) is 33.2 Å². The van der Waals surface area contributed by atoms with Crippen LogP contribution in [-0.4, -0.2) is 46.3 Å². The Labute approximate surface area is 182 Å². The average molecular weight is 425 g/mol. The molecule has 0 spiro atoms. The molecule has 1 fully saturated rings. The van der Waals surface area contributed by atoms with Crippen LogP contribution >= 0.6 is 0 Å². The second kappa shape index (κ2) is 9.16. The van der Waals surface area contributed by atoms with Crippen LogP contribution in [0.5, 0.6) is 0 Å². The Morgan fingerprint density at radius 1 is 1.06 bits per heavy atom. The highest BCUT2D eigenvalue weighted by Crippen LogP contribution is 2.30. The Hall–Kier alpha value is -3.42. The number of carbonyl (C=O) groups is 2. The van der Waals surface area contributed by atoms with Crippen LogP contribution < -0.4 is 5.32 Å². The number of carbonyl (C=O) groups excluding carboxylic acids is 2. The molecule has 31 heavy (non-hydrogen) atoms. The average Bonchev–Trinajstić information content (AvgIpc) is 2.73. The maximum atomic E-state index is 13.1. The van der Waals surface area contributed by atoms with Gasteiger partial charge < -0.3 is 15.1 Å². The van der Waals surface area contributed by atoms with E-state index >= 15 is 0 Å². The molecule has 3 rings (SSSR count). The lowest BCUT2D eigenvalue weighted by Gasteiger charge is -2.42. The molecule has 8 heteroatoms. The fourth-order valence-corrected chi connectivity index (χ4v) is 3.70. The molecule has 1 aliphatic heterocycles. The van der Waals surface area contributed by atoms with Gasteiger partial charge in [0.2, 0.25) is 5.91 Å². The number of piperazine rings is 1. The Morgan fingerprint density at radius 3 is 2.35 bits per heavy atom.